The van der Waals surface area contributed by atoms with E-state index in [1.54, 1.807) is 0 Å². The first kappa shape index (κ1) is 18.2. The van der Waals surface area contributed by atoms with Crippen LogP contribution >= 0.6 is 0 Å². The molecule has 5 heteroatoms. The van der Waals surface area contributed by atoms with E-state index in [0.717, 1.165) is 45.6 Å². The van der Waals surface area contributed by atoms with Crippen LogP contribution in [0.15, 0.2) is 30.3 Å². The lowest BCUT2D eigenvalue weighted by Crippen LogP contribution is -2.57. The number of ether oxygens (including phenoxy) is 1. The Labute approximate surface area is 151 Å². The number of hydrogen-bond acceptors (Lipinski definition) is 4. The van der Waals surface area contributed by atoms with Crippen molar-refractivity contribution in [2.75, 3.05) is 37.6 Å². The van der Waals surface area contributed by atoms with Gasteiger partial charge in [-0.25, -0.2) is 0 Å². The van der Waals surface area contributed by atoms with E-state index in [2.05, 4.69) is 55.3 Å². The predicted molar refractivity (Wildman–Crippen MR) is 101 cm³/mol. The third kappa shape index (κ3) is 4.95. The second-order valence-corrected chi connectivity index (χ2v) is 8.04. The number of piperidine rings is 1. The van der Waals surface area contributed by atoms with Gasteiger partial charge in [-0.2, -0.15) is 0 Å². The van der Waals surface area contributed by atoms with Crippen molar-refractivity contribution in [3.8, 4) is 0 Å². The summed E-state index contributed by atoms with van der Waals surface area (Å²) in [6.07, 6.45) is 2.02. The molecule has 0 radical (unpaired) electrons. The Morgan fingerprint density at radius 1 is 1.08 bits per heavy atom. The second kappa shape index (κ2) is 7.75. The summed E-state index contributed by atoms with van der Waals surface area (Å²) in [7, 11) is 0. The Kier molecular flexibility index (Phi) is 5.64. The van der Waals surface area contributed by atoms with E-state index >= 15 is 0 Å². The molecule has 138 valence electrons. The minimum absolute atomic E-state index is 0.0527. The highest BCUT2D eigenvalue weighted by Gasteiger charge is 2.32. The molecule has 1 N–H and O–H groups in total. The number of piperazine rings is 1. The molecule has 3 rings (SSSR count). The zero-order valence-corrected chi connectivity index (χ0v) is 15.7. The highest BCUT2D eigenvalue weighted by molar-refractivity contribution is 5.82. The molecule has 0 aromatic heterocycles. The molecule has 2 saturated heterocycles. The number of amides is 1. The maximum Gasteiger partial charge on any atom is 0.239 e. The third-order valence-corrected chi connectivity index (χ3v) is 4.90. The van der Waals surface area contributed by atoms with E-state index in [1.165, 1.54) is 5.69 Å². The molecule has 2 aliphatic heterocycles. The smallest absolute Gasteiger partial charge is 0.239 e. The first-order valence-electron chi connectivity index (χ1n) is 9.42. The standard InChI is InChI=1S/C20H31N3O2/c1-20(2,3)25-17-9-10-18(21-15-17)19(24)23-13-11-22(12-14-23)16-7-5-4-6-8-16/h4-8,17-18,21H,9-15H2,1-3H3. The van der Waals surface area contributed by atoms with Crippen LogP contribution in [0.25, 0.3) is 0 Å². The summed E-state index contributed by atoms with van der Waals surface area (Å²) in [4.78, 5) is 17.2. The van der Waals surface area contributed by atoms with Gasteiger partial charge in [-0.3, -0.25) is 4.79 Å². The number of carbonyl (C=O) groups is 1. The summed E-state index contributed by atoms with van der Waals surface area (Å²) in [5, 5.41) is 3.40. The molecule has 2 heterocycles. The van der Waals surface area contributed by atoms with E-state index in [4.69, 9.17) is 4.74 Å². The fraction of sp³-hybridized carbons (Fsp3) is 0.650. The number of carbonyl (C=O) groups excluding carboxylic acids is 1. The first-order chi connectivity index (χ1) is 11.9. The van der Waals surface area contributed by atoms with Crippen molar-refractivity contribution in [1.29, 1.82) is 0 Å². The lowest BCUT2D eigenvalue weighted by Gasteiger charge is -2.39. The number of benzene rings is 1. The molecule has 1 amide bonds. The minimum atomic E-state index is -0.128. The maximum absolute atomic E-state index is 12.8. The van der Waals surface area contributed by atoms with Gasteiger partial charge >= 0.3 is 0 Å². The van der Waals surface area contributed by atoms with Crippen LogP contribution in [-0.2, 0) is 9.53 Å². The lowest BCUT2D eigenvalue weighted by molar-refractivity contribution is -0.136. The van der Waals surface area contributed by atoms with Crippen LogP contribution in [0.2, 0.25) is 0 Å². The van der Waals surface area contributed by atoms with Gasteiger partial charge in [-0.05, 0) is 45.7 Å². The largest absolute Gasteiger partial charge is 0.371 e. The normalized spacial score (nSPS) is 25.1. The van der Waals surface area contributed by atoms with E-state index in [0.29, 0.717) is 0 Å². The Balaban J connectivity index is 1.46. The van der Waals surface area contributed by atoms with Crippen molar-refractivity contribution in [1.82, 2.24) is 10.2 Å². The zero-order valence-electron chi connectivity index (χ0n) is 15.7. The Bertz CT molecular complexity index is 554. The van der Waals surface area contributed by atoms with E-state index < -0.39 is 0 Å². The van der Waals surface area contributed by atoms with Crippen LogP contribution in [0.4, 0.5) is 5.69 Å². The number of nitrogens with zero attached hydrogens (tertiary/aromatic N) is 2. The Morgan fingerprint density at radius 2 is 1.76 bits per heavy atom. The zero-order chi connectivity index (χ0) is 17.9. The van der Waals surface area contributed by atoms with Crippen LogP contribution in [0, 0.1) is 0 Å². The van der Waals surface area contributed by atoms with E-state index in [-0.39, 0.29) is 23.7 Å². The minimum Gasteiger partial charge on any atom is -0.371 e. The molecule has 0 spiro atoms. The summed E-state index contributed by atoms with van der Waals surface area (Å²) in [6, 6.07) is 10.4. The number of para-hydroxylation sites is 1. The lowest BCUT2D eigenvalue weighted by atomic mass is 10.0. The SMILES string of the molecule is CC(C)(C)OC1CCC(C(=O)N2CCN(c3ccccc3)CC2)NC1. The van der Waals surface area contributed by atoms with Crippen molar-refractivity contribution >= 4 is 11.6 Å². The van der Waals surface area contributed by atoms with Crippen molar-refractivity contribution in [2.45, 2.75) is 51.4 Å². The fourth-order valence-electron chi connectivity index (χ4n) is 3.69. The fourth-order valence-corrected chi connectivity index (χ4v) is 3.69. The van der Waals surface area contributed by atoms with Gasteiger partial charge in [0.2, 0.25) is 5.91 Å². The summed E-state index contributed by atoms with van der Waals surface area (Å²) in [6.45, 7) is 10.4. The molecule has 0 bridgehead atoms. The molecular formula is C20H31N3O2. The van der Waals surface area contributed by atoms with E-state index in [1.807, 2.05) is 11.0 Å². The average molecular weight is 345 g/mol. The maximum atomic E-state index is 12.8. The monoisotopic (exact) mass is 345 g/mol. The van der Waals surface area contributed by atoms with Crippen molar-refractivity contribution < 1.29 is 9.53 Å². The molecule has 1 aromatic rings. The van der Waals surface area contributed by atoms with Crippen LogP contribution in [0.5, 0.6) is 0 Å². The van der Waals surface area contributed by atoms with Gasteiger partial charge in [-0.1, -0.05) is 18.2 Å². The summed E-state index contributed by atoms with van der Waals surface area (Å²) < 4.78 is 6.02. The molecule has 5 nitrogen and oxygen atoms in total. The third-order valence-electron chi connectivity index (χ3n) is 4.90. The molecule has 2 atom stereocenters. The highest BCUT2D eigenvalue weighted by atomic mass is 16.5. The molecule has 1 aromatic carbocycles. The van der Waals surface area contributed by atoms with Gasteiger partial charge in [-0.15, -0.1) is 0 Å². The summed E-state index contributed by atoms with van der Waals surface area (Å²) >= 11 is 0. The van der Waals surface area contributed by atoms with Gasteiger partial charge in [0.25, 0.3) is 0 Å². The summed E-state index contributed by atoms with van der Waals surface area (Å²) in [5.41, 5.74) is 1.12. The number of rotatable bonds is 3. The quantitative estimate of drug-likeness (QED) is 0.913. The van der Waals surface area contributed by atoms with Gasteiger partial charge in [0, 0.05) is 38.4 Å². The van der Waals surface area contributed by atoms with Gasteiger partial charge in [0.1, 0.15) is 0 Å². The van der Waals surface area contributed by atoms with Crippen LogP contribution < -0.4 is 10.2 Å². The van der Waals surface area contributed by atoms with Crippen molar-refractivity contribution in [3.63, 3.8) is 0 Å². The summed E-state index contributed by atoms with van der Waals surface area (Å²) in [5.74, 6) is 0.252. The number of nitrogens with one attached hydrogen (secondary N) is 1. The highest BCUT2D eigenvalue weighted by Crippen LogP contribution is 2.20. The topological polar surface area (TPSA) is 44.8 Å². The molecule has 0 saturated carbocycles. The number of hydrogen-bond donors (Lipinski definition) is 1. The molecule has 2 fully saturated rings. The van der Waals surface area contributed by atoms with Crippen LogP contribution in [0.1, 0.15) is 33.6 Å². The van der Waals surface area contributed by atoms with Gasteiger partial charge in [0.05, 0.1) is 17.7 Å². The second-order valence-electron chi connectivity index (χ2n) is 8.04. The van der Waals surface area contributed by atoms with Crippen LogP contribution in [-0.4, -0.2) is 61.3 Å². The molecule has 25 heavy (non-hydrogen) atoms. The Morgan fingerprint density at radius 3 is 2.32 bits per heavy atom. The number of anilines is 1. The molecule has 2 aliphatic rings. The van der Waals surface area contributed by atoms with Gasteiger partial charge in [0.15, 0.2) is 0 Å². The molecule has 2 unspecified atom stereocenters. The first-order valence-corrected chi connectivity index (χ1v) is 9.42. The predicted octanol–water partition coefficient (Wildman–Crippen LogP) is 2.27. The van der Waals surface area contributed by atoms with Crippen molar-refractivity contribution in [3.05, 3.63) is 30.3 Å². The molecule has 0 aliphatic carbocycles. The average Bonchev–Trinajstić information content (AvgIpc) is 2.61. The van der Waals surface area contributed by atoms with E-state index in [9.17, 15) is 4.79 Å². The van der Waals surface area contributed by atoms with Crippen LogP contribution in [0.3, 0.4) is 0 Å². The Hall–Kier alpha value is -1.59. The van der Waals surface area contributed by atoms with Crippen molar-refractivity contribution in [2.24, 2.45) is 0 Å². The molecular weight excluding hydrogens is 314 g/mol. The van der Waals surface area contributed by atoms with Gasteiger partial charge < -0.3 is 19.9 Å².